The second kappa shape index (κ2) is 3.04. The number of carbonyl (C=O) groups excluding carboxylic acids is 1. The first-order valence-electron chi connectivity index (χ1n) is 4.15. The molecule has 1 aromatic heterocycles. The van der Waals surface area contributed by atoms with E-state index in [-0.39, 0.29) is 17.8 Å². The maximum atomic E-state index is 11.5. The third kappa shape index (κ3) is 1.47. The van der Waals surface area contributed by atoms with Gasteiger partial charge < -0.3 is 15.1 Å². The lowest BCUT2D eigenvalue weighted by Crippen LogP contribution is -2.27. The summed E-state index contributed by atoms with van der Waals surface area (Å²) in [6, 6.07) is -0.0671. The molecule has 6 heteroatoms. The summed E-state index contributed by atoms with van der Waals surface area (Å²) in [7, 11) is 0. The van der Waals surface area contributed by atoms with Crippen molar-refractivity contribution in [3.05, 3.63) is 5.89 Å². The fourth-order valence-corrected chi connectivity index (χ4v) is 1.38. The van der Waals surface area contributed by atoms with E-state index in [1.54, 1.807) is 4.90 Å². The molecule has 1 saturated heterocycles. The van der Waals surface area contributed by atoms with Gasteiger partial charge in [0, 0.05) is 13.1 Å². The van der Waals surface area contributed by atoms with Crippen molar-refractivity contribution < 1.29 is 9.21 Å². The molecule has 1 aromatic rings. The van der Waals surface area contributed by atoms with E-state index in [4.69, 9.17) is 10.2 Å². The van der Waals surface area contributed by atoms with Gasteiger partial charge >= 0.3 is 17.8 Å². The minimum Gasteiger partial charge on any atom is -0.399 e. The highest BCUT2D eigenvalue weighted by atomic mass is 16.4. The molecule has 0 aliphatic carbocycles. The Labute approximate surface area is 74.7 Å². The van der Waals surface area contributed by atoms with Gasteiger partial charge in [-0.2, -0.15) is 0 Å². The number of aromatic nitrogens is 2. The van der Waals surface area contributed by atoms with E-state index in [1.165, 1.54) is 0 Å². The van der Waals surface area contributed by atoms with Crippen LogP contribution >= 0.6 is 0 Å². The van der Waals surface area contributed by atoms with Crippen molar-refractivity contribution in [3.63, 3.8) is 0 Å². The molecule has 2 rings (SSSR count). The van der Waals surface area contributed by atoms with Gasteiger partial charge in [0.05, 0.1) is 0 Å². The highest BCUT2D eigenvalue weighted by Crippen LogP contribution is 2.12. The molecule has 0 aromatic carbocycles. The molecule has 70 valence electrons. The van der Waals surface area contributed by atoms with E-state index < -0.39 is 0 Å². The van der Waals surface area contributed by atoms with Gasteiger partial charge in [-0.15, -0.1) is 5.10 Å². The first-order valence-corrected chi connectivity index (χ1v) is 4.15. The Bertz CT molecular complexity index is 316. The summed E-state index contributed by atoms with van der Waals surface area (Å²) < 4.78 is 4.82. The van der Waals surface area contributed by atoms with Crippen LogP contribution in [-0.4, -0.2) is 34.1 Å². The van der Waals surface area contributed by atoms with E-state index >= 15 is 0 Å². The third-order valence-corrected chi connectivity index (χ3v) is 2.02. The Balaban J connectivity index is 2.12. The highest BCUT2D eigenvalue weighted by molar-refractivity contribution is 5.89. The lowest BCUT2D eigenvalue weighted by Gasteiger charge is -2.11. The number of carbonyl (C=O) groups is 1. The van der Waals surface area contributed by atoms with Crippen molar-refractivity contribution in [1.29, 1.82) is 0 Å². The zero-order valence-corrected chi connectivity index (χ0v) is 7.06. The van der Waals surface area contributed by atoms with E-state index in [9.17, 15) is 4.79 Å². The van der Waals surface area contributed by atoms with Crippen molar-refractivity contribution in [2.24, 2.45) is 0 Å². The quantitative estimate of drug-likeness (QED) is 0.654. The predicted molar refractivity (Wildman–Crippen MR) is 43.8 cm³/mol. The average Bonchev–Trinajstić information content (AvgIpc) is 2.72. The van der Waals surface area contributed by atoms with Crippen LogP contribution in [0.3, 0.4) is 0 Å². The summed E-state index contributed by atoms with van der Waals surface area (Å²) >= 11 is 0. The summed E-state index contributed by atoms with van der Waals surface area (Å²) in [5, 5.41) is 6.95. The number of nitrogens with zero attached hydrogens (tertiary/aromatic N) is 3. The third-order valence-electron chi connectivity index (χ3n) is 2.02. The first kappa shape index (κ1) is 8.03. The van der Waals surface area contributed by atoms with Crippen LogP contribution in [-0.2, 0) is 0 Å². The lowest BCUT2D eigenvalue weighted by molar-refractivity contribution is 0.0754. The van der Waals surface area contributed by atoms with Gasteiger partial charge in [0.15, 0.2) is 0 Å². The minimum atomic E-state index is -0.221. The van der Waals surface area contributed by atoms with E-state index in [0.717, 1.165) is 25.9 Å². The molecule has 1 aliphatic heterocycles. The molecular formula is C7H10N4O2. The molecule has 2 heterocycles. The average molecular weight is 182 g/mol. The maximum Gasteiger partial charge on any atom is 0.313 e. The van der Waals surface area contributed by atoms with Gasteiger partial charge in [-0.3, -0.25) is 4.79 Å². The van der Waals surface area contributed by atoms with E-state index in [1.807, 2.05) is 0 Å². The van der Waals surface area contributed by atoms with Crippen LogP contribution in [0.15, 0.2) is 4.42 Å². The Morgan fingerprint density at radius 3 is 2.62 bits per heavy atom. The number of likely N-dealkylation sites (tertiary alicyclic amines) is 1. The summed E-state index contributed by atoms with van der Waals surface area (Å²) in [4.78, 5) is 13.2. The van der Waals surface area contributed by atoms with Crippen molar-refractivity contribution in [1.82, 2.24) is 15.1 Å². The van der Waals surface area contributed by atoms with Crippen LogP contribution < -0.4 is 5.73 Å². The molecule has 1 amide bonds. The molecule has 0 atom stereocenters. The Morgan fingerprint density at radius 1 is 1.38 bits per heavy atom. The topological polar surface area (TPSA) is 85.2 Å². The van der Waals surface area contributed by atoms with Crippen molar-refractivity contribution in [2.75, 3.05) is 18.8 Å². The van der Waals surface area contributed by atoms with Gasteiger partial charge in [-0.1, -0.05) is 5.10 Å². The molecule has 0 bridgehead atoms. The molecule has 0 spiro atoms. The van der Waals surface area contributed by atoms with E-state index in [2.05, 4.69) is 10.2 Å². The highest BCUT2D eigenvalue weighted by Gasteiger charge is 2.23. The first-order chi connectivity index (χ1) is 6.27. The minimum absolute atomic E-state index is 0.0144. The van der Waals surface area contributed by atoms with Crippen LogP contribution in [0.5, 0.6) is 0 Å². The monoisotopic (exact) mass is 182 g/mol. The molecule has 13 heavy (non-hydrogen) atoms. The van der Waals surface area contributed by atoms with Crippen molar-refractivity contribution in [2.45, 2.75) is 12.8 Å². The standard InChI is InChI=1S/C7H10N4O2/c8-7-10-9-5(13-7)6(12)11-3-1-2-4-11/h1-4H2,(H2,8,10). The molecule has 1 fully saturated rings. The Hall–Kier alpha value is -1.59. The normalized spacial score (nSPS) is 16.5. The molecule has 0 unspecified atom stereocenters. The van der Waals surface area contributed by atoms with Crippen molar-refractivity contribution >= 4 is 11.9 Å². The van der Waals surface area contributed by atoms with Crippen LogP contribution in [0.25, 0.3) is 0 Å². The van der Waals surface area contributed by atoms with E-state index in [0.29, 0.717) is 0 Å². The van der Waals surface area contributed by atoms with Crippen LogP contribution in [0.2, 0.25) is 0 Å². The number of nitrogen functional groups attached to an aromatic ring is 1. The maximum absolute atomic E-state index is 11.5. The fourth-order valence-electron chi connectivity index (χ4n) is 1.38. The number of amides is 1. The summed E-state index contributed by atoms with van der Waals surface area (Å²) in [6.45, 7) is 1.53. The van der Waals surface area contributed by atoms with Crippen LogP contribution in [0, 0.1) is 0 Å². The van der Waals surface area contributed by atoms with Crippen LogP contribution in [0.1, 0.15) is 23.5 Å². The number of rotatable bonds is 1. The largest absolute Gasteiger partial charge is 0.399 e. The summed E-state index contributed by atoms with van der Waals surface area (Å²) in [5.41, 5.74) is 5.20. The molecule has 1 aliphatic rings. The van der Waals surface area contributed by atoms with Gasteiger partial charge in [0.1, 0.15) is 0 Å². The second-order valence-corrected chi connectivity index (χ2v) is 2.94. The SMILES string of the molecule is Nc1nnc(C(=O)N2CCCC2)o1. The summed E-state index contributed by atoms with van der Waals surface area (Å²) in [5.74, 6) is -0.235. The summed E-state index contributed by atoms with van der Waals surface area (Å²) in [6.07, 6.45) is 2.07. The molecule has 0 radical (unpaired) electrons. The van der Waals surface area contributed by atoms with Gasteiger partial charge in [0.25, 0.3) is 0 Å². The van der Waals surface area contributed by atoms with Crippen LogP contribution in [0.4, 0.5) is 6.01 Å². The number of hydrogen-bond acceptors (Lipinski definition) is 5. The lowest BCUT2D eigenvalue weighted by atomic mass is 10.4. The fraction of sp³-hybridized carbons (Fsp3) is 0.571. The number of nitrogens with two attached hydrogens (primary N) is 1. The zero-order valence-electron chi connectivity index (χ0n) is 7.06. The Morgan fingerprint density at radius 2 is 2.08 bits per heavy atom. The molecule has 0 saturated carbocycles. The van der Waals surface area contributed by atoms with Crippen molar-refractivity contribution in [3.8, 4) is 0 Å². The van der Waals surface area contributed by atoms with Gasteiger partial charge in [0.2, 0.25) is 0 Å². The molecule has 2 N–H and O–H groups in total. The number of hydrogen-bond donors (Lipinski definition) is 1. The predicted octanol–water partition coefficient (Wildman–Crippen LogP) is -0.112. The smallest absolute Gasteiger partial charge is 0.313 e. The van der Waals surface area contributed by atoms with Gasteiger partial charge in [-0.25, -0.2) is 0 Å². The number of anilines is 1. The zero-order chi connectivity index (χ0) is 9.26. The van der Waals surface area contributed by atoms with Gasteiger partial charge in [-0.05, 0) is 12.8 Å². The molecule has 6 nitrogen and oxygen atoms in total. The molecular weight excluding hydrogens is 172 g/mol. The second-order valence-electron chi connectivity index (χ2n) is 2.94. The Kier molecular flexibility index (Phi) is 1.88.